The lowest BCUT2D eigenvalue weighted by Gasteiger charge is -2.11. The van der Waals surface area contributed by atoms with Gasteiger partial charge in [0.2, 0.25) is 0 Å². The van der Waals surface area contributed by atoms with Gasteiger partial charge in [-0.1, -0.05) is 45.2 Å². The number of rotatable bonds is 2. The predicted molar refractivity (Wildman–Crippen MR) is 53.6 cm³/mol. The van der Waals surface area contributed by atoms with Crippen LogP contribution in [0, 0.1) is 0 Å². The van der Waals surface area contributed by atoms with Gasteiger partial charge in [0.1, 0.15) is 8.04 Å². The van der Waals surface area contributed by atoms with Crippen LogP contribution in [0.25, 0.3) is 0 Å². The van der Waals surface area contributed by atoms with Crippen LogP contribution in [-0.2, 0) is 4.74 Å². The standard InChI is InChI=1S/C4H5ClI2O2/c1-4(6,7)2-9-3(5)8/h2H2,1H3. The molecule has 0 aliphatic heterocycles. The number of ether oxygens (including phenoxy) is 1. The topological polar surface area (TPSA) is 26.3 Å². The second-order valence-corrected chi connectivity index (χ2v) is 8.73. The van der Waals surface area contributed by atoms with Crippen LogP contribution in [-0.4, -0.2) is 13.5 Å². The fourth-order valence-corrected chi connectivity index (χ4v) is 0.549. The number of hydrogen-bond donors (Lipinski definition) is 0. The zero-order chi connectivity index (χ0) is 7.49. The third kappa shape index (κ3) is 9.22. The van der Waals surface area contributed by atoms with Crippen LogP contribution in [0.3, 0.4) is 0 Å². The molecule has 0 aromatic rings. The summed E-state index contributed by atoms with van der Waals surface area (Å²) in [5, 5.41) is 0. The Bertz CT molecular complexity index is 110. The summed E-state index contributed by atoms with van der Waals surface area (Å²) >= 11 is 9.24. The van der Waals surface area contributed by atoms with Crippen LogP contribution in [0.5, 0.6) is 0 Å². The average Bonchev–Trinajstić information content (AvgIpc) is 1.59. The van der Waals surface area contributed by atoms with Crippen LogP contribution >= 0.6 is 56.8 Å². The second-order valence-electron chi connectivity index (χ2n) is 1.60. The monoisotopic (exact) mass is 374 g/mol. The molecule has 54 valence electrons. The van der Waals surface area contributed by atoms with E-state index in [2.05, 4.69) is 49.9 Å². The van der Waals surface area contributed by atoms with Crippen LogP contribution in [0.2, 0.25) is 0 Å². The predicted octanol–water partition coefficient (Wildman–Crippen LogP) is 2.95. The molecule has 0 atom stereocenters. The summed E-state index contributed by atoms with van der Waals surface area (Å²) in [6, 6.07) is 0. The highest BCUT2D eigenvalue weighted by Crippen LogP contribution is 2.26. The zero-order valence-corrected chi connectivity index (χ0v) is 9.73. The summed E-state index contributed by atoms with van der Waals surface area (Å²) < 4.78 is 4.46. The number of alkyl halides is 2. The van der Waals surface area contributed by atoms with Gasteiger partial charge >= 0.3 is 5.43 Å². The second kappa shape index (κ2) is 4.17. The van der Waals surface area contributed by atoms with Crippen molar-refractivity contribution in [2.24, 2.45) is 0 Å². The Hall–Kier alpha value is 1.22. The minimum absolute atomic E-state index is 0.0555. The first-order valence-corrected chi connectivity index (χ1v) is 4.65. The molecule has 0 radical (unpaired) electrons. The Labute approximate surface area is 85.9 Å². The fraction of sp³-hybridized carbons (Fsp3) is 0.750. The fourth-order valence-electron chi connectivity index (χ4n) is 0.183. The van der Waals surface area contributed by atoms with E-state index in [1.807, 2.05) is 6.92 Å². The van der Waals surface area contributed by atoms with Gasteiger partial charge in [0.05, 0.1) is 0 Å². The van der Waals surface area contributed by atoms with E-state index >= 15 is 0 Å². The van der Waals surface area contributed by atoms with Crippen molar-refractivity contribution in [3.63, 3.8) is 0 Å². The van der Waals surface area contributed by atoms with Crippen LogP contribution in [0.1, 0.15) is 6.92 Å². The van der Waals surface area contributed by atoms with Crippen LogP contribution < -0.4 is 0 Å². The molecule has 0 aliphatic rings. The van der Waals surface area contributed by atoms with Gasteiger partial charge in [-0.2, -0.15) is 0 Å². The maximum atomic E-state index is 10.0. The SMILES string of the molecule is CC(I)(I)COC(=O)Cl. The quantitative estimate of drug-likeness (QED) is 0.422. The normalized spacial score (nSPS) is 11.1. The minimum atomic E-state index is -0.741. The Morgan fingerprint density at radius 1 is 1.78 bits per heavy atom. The summed E-state index contributed by atoms with van der Waals surface area (Å²) in [6.45, 7) is 2.28. The minimum Gasteiger partial charge on any atom is -0.451 e. The van der Waals surface area contributed by atoms with E-state index in [9.17, 15) is 4.79 Å². The van der Waals surface area contributed by atoms with E-state index in [-0.39, 0.29) is 1.43 Å². The van der Waals surface area contributed by atoms with Gasteiger partial charge in [0, 0.05) is 11.6 Å². The number of carbonyl (C=O) groups is 1. The van der Waals surface area contributed by atoms with Crippen molar-refractivity contribution in [1.29, 1.82) is 0 Å². The Kier molecular flexibility index (Phi) is 4.74. The van der Waals surface area contributed by atoms with Crippen LogP contribution in [0.4, 0.5) is 4.79 Å². The number of hydrogen-bond acceptors (Lipinski definition) is 2. The van der Waals surface area contributed by atoms with Crippen molar-refractivity contribution in [1.82, 2.24) is 0 Å². The molecule has 0 heterocycles. The molecule has 9 heavy (non-hydrogen) atoms. The Balaban J connectivity index is 3.39. The van der Waals surface area contributed by atoms with E-state index in [0.717, 1.165) is 0 Å². The van der Waals surface area contributed by atoms with Gasteiger partial charge in [-0.15, -0.1) is 0 Å². The summed E-state index contributed by atoms with van der Waals surface area (Å²) in [4.78, 5) is 10.0. The third-order valence-electron chi connectivity index (χ3n) is 0.439. The molecular formula is C4H5ClI2O2. The molecule has 0 aromatic heterocycles. The molecule has 0 spiro atoms. The van der Waals surface area contributed by atoms with Gasteiger partial charge in [-0.3, -0.25) is 0 Å². The summed E-state index contributed by atoms with van der Waals surface area (Å²) in [5.41, 5.74) is -0.741. The van der Waals surface area contributed by atoms with Gasteiger partial charge in [-0.05, 0) is 6.92 Å². The van der Waals surface area contributed by atoms with Gasteiger partial charge in [0.15, 0.2) is 0 Å². The smallest absolute Gasteiger partial charge is 0.403 e. The molecule has 0 unspecified atom stereocenters. The largest absolute Gasteiger partial charge is 0.451 e. The molecule has 0 N–H and O–H groups in total. The first-order valence-electron chi connectivity index (χ1n) is 2.12. The molecule has 0 fully saturated rings. The number of carbonyl (C=O) groups excluding carboxylic acids is 1. The molecule has 5 heteroatoms. The Morgan fingerprint density at radius 3 is 2.33 bits per heavy atom. The van der Waals surface area contributed by atoms with Crippen molar-refractivity contribution in [3.8, 4) is 0 Å². The maximum absolute atomic E-state index is 10.0. The highest BCUT2D eigenvalue weighted by Gasteiger charge is 2.16. The molecule has 0 saturated heterocycles. The average molecular weight is 374 g/mol. The molecule has 0 aliphatic carbocycles. The lowest BCUT2D eigenvalue weighted by Crippen LogP contribution is -2.14. The molecule has 0 aromatic carbocycles. The highest BCUT2D eigenvalue weighted by atomic mass is 127. The maximum Gasteiger partial charge on any atom is 0.403 e. The summed E-state index contributed by atoms with van der Waals surface area (Å²) in [5.74, 6) is 0. The van der Waals surface area contributed by atoms with Crippen LogP contribution in [0.15, 0.2) is 0 Å². The first kappa shape index (κ1) is 10.2. The molecule has 0 amide bonds. The highest BCUT2D eigenvalue weighted by molar-refractivity contribution is 14.2. The lowest BCUT2D eigenvalue weighted by atomic mass is 10.5. The van der Waals surface area contributed by atoms with Crippen molar-refractivity contribution in [3.05, 3.63) is 0 Å². The Morgan fingerprint density at radius 2 is 2.22 bits per heavy atom. The van der Waals surface area contributed by atoms with Crippen molar-refractivity contribution < 1.29 is 9.53 Å². The summed E-state index contributed by atoms with van der Waals surface area (Å²) in [6.07, 6.45) is 0. The molecule has 2 nitrogen and oxygen atoms in total. The van der Waals surface area contributed by atoms with E-state index < -0.39 is 5.43 Å². The van der Waals surface area contributed by atoms with Gasteiger partial charge in [-0.25, -0.2) is 4.79 Å². The third-order valence-corrected chi connectivity index (χ3v) is 1.17. The molecule has 0 bridgehead atoms. The lowest BCUT2D eigenvalue weighted by molar-refractivity contribution is 0.175. The summed E-state index contributed by atoms with van der Waals surface area (Å²) in [7, 11) is 0. The van der Waals surface area contributed by atoms with E-state index in [4.69, 9.17) is 11.6 Å². The van der Waals surface area contributed by atoms with E-state index in [1.54, 1.807) is 0 Å². The molecule has 0 saturated carbocycles. The molecular weight excluding hydrogens is 369 g/mol. The van der Waals surface area contributed by atoms with E-state index in [1.165, 1.54) is 0 Å². The van der Waals surface area contributed by atoms with Gasteiger partial charge in [0.25, 0.3) is 0 Å². The van der Waals surface area contributed by atoms with Crippen molar-refractivity contribution >= 4 is 62.2 Å². The van der Waals surface area contributed by atoms with E-state index in [0.29, 0.717) is 6.61 Å². The van der Waals surface area contributed by atoms with Gasteiger partial charge < -0.3 is 4.74 Å². The molecule has 0 rings (SSSR count). The van der Waals surface area contributed by atoms with Crippen molar-refractivity contribution in [2.75, 3.05) is 6.61 Å². The zero-order valence-electron chi connectivity index (χ0n) is 4.66. The first-order chi connectivity index (χ1) is 3.92. The number of halogens is 3. The van der Waals surface area contributed by atoms with Crippen molar-refractivity contribution in [2.45, 2.75) is 8.35 Å².